The summed E-state index contributed by atoms with van der Waals surface area (Å²) >= 11 is 5.81. The van der Waals surface area contributed by atoms with Crippen LogP contribution in [0.15, 0.2) is 29.7 Å². The van der Waals surface area contributed by atoms with Crippen LogP contribution in [0.4, 0.5) is 0 Å². The third-order valence-electron chi connectivity index (χ3n) is 3.88. The van der Waals surface area contributed by atoms with Gasteiger partial charge in [0.25, 0.3) is 0 Å². The van der Waals surface area contributed by atoms with Crippen LogP contribution in [0.1, 0.15) is 19.4 Å². The van der Waals surface area contributed by atoms with Gasteiger partial charge in [-0.25, -0.2) is 13.1 Å². The van der Waals surface area contributed by atoms with Crippen molar-refractivity contribution in [1.82, 2.24) is 9.62 Å². The van der Waals surface area contributed by atoms with Crippen LogP contribution in [0, 0.1) is 0 Å². The molecule has 0 atom stereocenters. The molecular weight excluding hydrogens is 336 g/mol. The lowest BCUT2D eigenvalue weighted by Gasteiger charge is -2.40. The molecule has 1 saturated heterocycles. The van der Waals surface area contributed by atoms with Crippen molar-refractivity contribution in [3.05, 3.63) is 40.3 Å². The normalized spacial score (nSPS) is 17.7. The first-order chi connectivity index (χ1) is 10.8. The number of hydrogen-bond donors (Lipinski definition) is 1. The van der Waals surface area contributed by atoms with Gasteiger partial charge < -0.3 is 4.74 Å². The summed E-state index contributed by atoms with van der Waals surface area (Å²) in [6.45, 7) is 7.41. The Labute approximate surface area is 143 Å². The van der Waals surface area contributed by atoms with E-state index in [1.165, 1.54) is 5.41 Å². The van der Waals surface area contributed by atoms with Crippen molar-refractivity contribution in [2.24, 2.45) is 0 Å². The lowest BCUT2D eigenvalue weighted by molar-refractivity contribution is -0.00801. The van der Waals surface area contributed by atoms with E-state index in [0.717, 1.165) is 18.7 Å². The second-order valence-corrected chi connectivity index (χ2v) is 8.22. The van der Waals surface area contributed by atoms with E-state index in [-0.39, 0.29) is 5.54 Å². The highest BCUT2D eigenvalue weighted by Gasteiger charge is 2.29. The molecule has 0 aliphatic carbocycles. The smallest absolute Gasteiger partial charge is 0.233 e. The molecule has 0 bridgehead atoms. The van der Waals surface area contributed by atoms with Gasteiger partial charge in [0.05, 0.1) is 13.2 Å². The summed E-state index contributed by atoms with van der Waals surface area (Å²) in [6.07, 6.45) is 1.56. The number of sulfonamides is 1. The maximum Gasteiger partial charge on any atom is 0.233 e. The number of nitrogens with zero attached hydrogens (tertiary/aromatic N) is 1. The predicted octanol–water partition coefficient (Wildman–Crippen LogP) is 2.34. The zero-order chi connectivity index (χ0) is 16.9. The fourth-order valence-corrected chi connectivity index (χ4v) is 3.46. The van der Waals surface area contributed by atoms with Gasteiger partial charge in [-0.15, -0.1) is 0 Å². The summed E-state index contributed by atoms with van der Waals surface area (Å²) in [7, 11) is -3.48. The molecule has 0 unspecified atom stereocenters. The SMILES string of the molecule is CC(C)(CNS(=O)(=O)/C=C/c1ccc(Cl)cc1)N1CCOCC1. The van der Waals surface area contributed by atoms with Gasteiger partial charge in [-0.1, -0.05) is 23.7 Å². The number of rotatable bonds is 6. The average molecular weight is 359 g/mol. The number of nitrogens with one attached hydrogen (secondary N) is 1. The minimum absolute atomic E-state index is 0.259. The molecule has 5 nitrogen and oxygen atoms in total. The second-order valence-electron chi connectivity index (χ2n) is 6.13. The summed E-state index contributed by atoms with van der Waals surface area (Å²) in [5, 5.41) is 1.81. The summed E-state index contributed by atoms with van der Waals surface area (Å²) < 4.78 is 32.3. The fraction of sp³-hybridized carbons (Fsp3) is 0.500. The van der Waals surface area contributed by atoms with Gasteiger partial charge in [0, 0.05) is 35.6 Å². The van der Waals surface area contributed by atoms with E-state index in [1.54, 1.807) is 30.3 Å². The Morgan fingerprint density at radius 2 is 1.87 bits per heavy atom. The van der Waals surface area contributed by atoms with Crippen LogP contribution in [0.3, 0.4) is 0 Å². The summed E-state index contributed by atoms with van der Waals surface area (Å²) in [4.78, 5) is 2.24. The van der Waals surface area contributed by atoms with Crippen molar-refractivity contribution >= 4 is 27.7 Å². The predicted molar refractivity (Wildman–Crippen MR) is 93.9 cm³/mol. The van der Waals surface area contributed by atoms with Crippen molar-refractivity contribution in [3.8, 4) is 0 Å². The van der Waals surface area contributed by atoms with Gasteiger partial charge in [0.1, 0.15) is 0 Å². The Kier molecular flexibility index (Phi) is 6.22. The Hall–Kier alpha value is -0.920. The Morgan fingerprint density at radius 1 is 1.26 bits per heavy atom. The van der Waals surface area contributed by atoms with Gasteiger partial charge in [-0.05, 0) is 37.6 Å². The quantitative estimate of drug-likeness (QED) is 0.848. The Morgan fingerprint density at radius 3 is 2.48 bits per heavy atom. The molecule has 0 spiro atoms. The van der Waals surface area contributed by atoms with Gasteiger partial charge in [0.2, 0.25) is 10.0 Å². The molecule has 1 N–H and O–H groups in total. The highest BCUT2D eigenvalue weighted by molar-refractivity contribution is 7.92. The van der Waals surface area contributed by atoms with Crippen LogP contribution < -0.4 is 4.72 Å². The van der Waals surface area contributed by atoms with Crippen molar-refractivity contribution in [3.63, 3.8) is 0 Å². The van der Waals surface area contributed by atoms with E-state index in [9.17, 15) is 8.42 Å². The van der Waals surface area contributed by atoms with E-state index in [4.69, 9.17) is 16.3 Å². The third-order valence-corrected chi connectivity index (χ3v) is 5.18. The topological polar surface area (TPSA) is 58.6 Å². The Bertz CT molecular complexity index is 636. The van der Waals surface area contributed by atoms with Crippen LogP contribution in [0.25, 0.3) is 6.08 Å². The summed E-state index contributed by atoms with van der Waals surface area (Å²) in [5.74, 6) is 0. The van der Waals surface area contributed by atoms with Gasteiger partial charge in [0.15, 0.2) is 0 Å². The molecule has 1 fully saturated rings. The maximum absolute atomic E-state index is 12.1. The molecule has 1 aromatic rings. The summed E-state index contributed by atoms with van der Waals surface area (Å²) in [5.41, 5.74) is 0.525. The van der Waals surface area contributed by atoms with E-state index in [0.29, 0.717) is 24.8 Å². The molecule has 1 aromatic carbocycles. The number of benzene rings is 1. The highest BCUT2D eigenvalue weighted by atomic mass is 35.5. The van der Waals surface area contributed by atoms with Crippen LogP contribution in [0.2, 0.25) is 5.02 Å². The minimum atomic E-state index is -3.48. The van der Waals surface area contributed by atoms with Gasteiger partial charge >= 0.3 is 0 Å². The number of ether oxygens (including phenoxy) is 1. The van der Waals surface area contributed by atoms with Crippen molar-refractivity contribution in [2.45, 2.75) is 19.4 Å². The van der Waals surface area contributed by atoms with Gasteiger partial charge in [-0.2, -0.15) is 0 Å². The largest absolute Gasteiger partial charge is 0.379 e. The molecular formula is C16H23ClN2O3S. The first kappa shape index (κ1) is 18.4. The van der Waals surface area contributed by atoms with Gasteiger partial charge in [-0.3, -0.25) is 4.90 Å². The second kappa shape index (κ2) is 7.77. The maximum atomic E-state index is 12.1. The van der Waals surface area contributed by atoms with E-state index < -0.39 is 10.0 Å². The average Bonchev–Trinajstić information content (AvgIpc) is 2.54. The lowest BCUT2D eigenvalue weighted by atomic mass is 10.0. The highest BCUT2D eigenvalue weighted by Crippen LogP contribution is 2.16. The molecule has 1 aliphatic heterocycles. The van der Waals surface area contributed by atoms with Crippen LogP contribution in [-0.4, -0.2) is 51.7 Å². The van der Waals surface area contributed by atoms with E-state index in [1.807, 2.05) is 13.8 Å². The zero-order valence-corrected chi connectivity index (χ0v) is 15.0. The number of morpholine rings is 1. The fourth-order valence-electron chi connectivity index (χ4n) is 2.35. The summed E-state index contributed by atoms with van der Waals surface area (Å²) in [6, 6.07) is 6.99. The molecule has 7 heteroatoms. The molecule has 1 aliphatic rings. The van der Waals surface area contributed by atoms with Crippen molar-refractivity contribution in [1.29, 1.82) is 0 Å². The number of hydrogen-bond acceptors (Lipinski definition) is 4. The van der Waals surface area contributed by atoms with E-state index in [2.05, 4.69) is 9.62 Å². The molecule has 1 heterocycles. The van der Waals surface area contributed by atoms with Crippen molar-refractivity contribution < 1.29 is 13.2 Å². The monoisotopic (exact) mass is 358 g/mol. The lowest BCUT2D eigenvalue weighted by Crippen LogP contribution is -2.55. The van der Waals surface area contributed by atoms with Crippen LogP contribution in [-0.2, 0) is 14.8 Å². The Balaban J connectivity index is 1.93. The zero-order valence-electron chi connectivity index (χ0n) is 13.5. The van der Waals surface area contributed by atoms with Crippen molar-refractivity contribution in [2.75, 3.05) is 32.8 Å². The molecule has 0 saturated carbocycles. The molecule has 0 aromatic heterocycles. The first-order valence-electron chi connectivity index (χ1n) is 7.55. The molecule has 128 valence electrons. The number of halogens is 1. The third kappa shape index (κ3) is 5.90. The van der Waals surface area contributed by atoms with E-state index >= 15 is 0 Å². The van der Waals surface area contributed by atoms with Crippen LogP contribution in [0.5, 0.6) is 0 Å². The standard InChI is InChI=1S/C16H23ClN2O3S/c1-16(2,19-8-10-22-11-9-19)13-18-23(20,21)12-7-14-3-5-15(17)6-4-14/h3-7,12,18H,8-11,13H2,1-2H3/b12-7+. The molecule has 0 amide bonds. The molecule has 0 radical (unpaired) electrons. The molecule has 2 rings (SSSR count). The molecule has 23 heavy (non-hydrogen) atoms. The van der Waals surface area contributed by atoms with Crippen LogP contribution >= 0.6 is 11.6 Å². The first-order valence-corrected chi connectivity index (χ1v) is 9.47. The minimum Gasteiger partial charge on any atom is -0.379 e.